The first-order chi connectivity index (χ1) is 9.97. The Bertz CT molecular complexity index is 466. The molecule has 2 amide bonds. The van der Waals surface area contributed by atoms with E-state index in [1.165, 1.54) is 0 Å². The zero-order chi connectivity index (χ0) is 15.7. The van der Waals surface area contributed by atoms with Crippen molar-refractivity contribution in [3.05, 3.63) is 29.3 Å². The number of rotatable bonds is 8. The van der Waals surface area contributed by atoms with E-state index in [9.17, 15) is 9.59 Å². The van der Waals surface area contributed by atoms with Crippen LogP contribution in [0.1, 0.15) is 43.2 Å². The number of aliphatic carboxylic acids is 1. The molecule has 0 aliphatic rings. The van der Waals surface area contributed by atoms with E-state index in [0.29, 0.717) is 13.0 Å². The van der Waals surface area contributed by atoms with Crippen LogP contribution >= 0.6 is 0 Å². The molecule has 1 aromatic carbocycles. The molecule has 0 spiro atoms. The topological polar surface area (TPSA) is 78.4 Å². The summed E-state index contributed by atoms with van der Waals surface area (Å²) in [6.45, 7) is 4.59. The molecule has 5 nitrogen and oxygen atoms in total. The van der Waals surface area contributed by atoms with Crippen molar-refractivity contribution in [3.63, 3.8) is 0 Å². The molecule has 0 heterocycles. The predicted molar refractivity (Wildman–Crippen MR) is 83.7 cm³/mol. The molecule has 5 heteroatoms. The normalized spacial score (nSPS) is 10.2. The van der Waals surface area contributed by atoms with Crippen molar-refractivity contribution < 1.29 is 14.7 Å². The summed E-state index contributed by atoms with van der Waals surface area (Å²) in [5.41, 5.74) is 3.03. The number of carboxylic acids is 1. The molecule has 0 aliphatic carbocycles. The summed E-state index contributed by atoms with van der Waals surface area (Å²) in [6.07, 6.45) is 3.59. The van der Waals surface area contributed by atoms with Gasteiger partial charge < -0.3 is 15.7 Å². The zero-order valence-electron chi connectivity index (χ0n) is 12.7. The van der Waals surface area contributed by atoms with Crippen LogP contribution in [0.25, 0.3) is 0 Å². The molecule has 0 fully saturated rings. The molecule has 21 heavy (non-hydrogen) atoms. The van der Waals surface area contributed by atoms with Crippen LogP contribution in [0.2, 0.25) is 0 Å². The van der Waals surface area contributed by atoms with Crippen LogP contribution in [-0.2, 0) is 4.79 Å². The predicted octanol–water partition coefficient (Wildman–Crippen LogP) is 3.46. The monoisotopic (exact) mass is 292 g/mol. The van der Waals surface area contributed by atoms with Gasteiger partial charge >= 0.3 is 12.0 Å². The van der Waals surface area contributed by atoms with Crippen molar-refractivity contribution in [2.45, 2.75) is 46.0 Å². The lowest BCUT2D eigenvalue weighted by molar-refractivity contribution is -0.137. The molecule has 116 valence electrons. The summed E-state index contributed by atoms with van der Waals surface area (Å²) >= 11 is 0. The number of benzene rings is 1. The Balaban J connectivity index is 2.15. The van der Waals surface area contributed by atoms with Crippen molar-refractivity contribution in [2.24, 2.45) is 0 Å². The van der Waals surface area contributed by atoms with E-state index in [1.807, 2.05) is 26.0 Å². The Morgan fingerprint density at radius 2 is 1.62 bits per heavy atom. The minimum Gasteiger partial charge on any atom is -0.481 e. The van der Waals surface area contributed by atoms with Gasteiger partial charge in [-0.25, -0.2) is 4.79 Å². The molecular formula is C16H24N2O3. The molecule has 0 aliphatic heterocycles. The molecule has 0 atom stereocenters. The van der Waals surface area contributed by atoms with Crippen molar-refractivity contribution in [2.75, 3.05) is 11.9 Å². The summed E-state index contributed by atoms with van der Waals surface area (Å²) in [7, 11) is 0. The number of carbonyl (C=O) groups is 2. The van der Waals surface area contributed by atoms with Gasteiger partial charge in [0, 0.05) is 18.7 Å². The molecule has 3 N–H and O–H groups in total. The number of aryl methyl sites for hydroxylation is 2. The second-order valence-corrected chi connectivity index (χ2v) is 5.32. The van der Waals surface area contributed by atoms with E-state index in [1.54, 1.807) is 0 Å². The number of hydrogen-bond donors (Lipinski definition) is 3. The smallest absolute Gasteiger partial charge is 0.319 e. The van der Waals surface area contributed by atoms with Gasteiger partial charge in [-0.1, -0.05) is 18.9 Å². The molecule has 1 aromatic rings. The van der Waals surface area contributed by atoms with Gasteiger partial charge in [0.15, 0.2) is 0 Å². The highest BCUT2D eigenvalue weighted by atomic mass is 16.4. The number of carboxylic acid groups (broad SMARTS) is 1. The standard InChI is InChI=1S/C16H24N2O3/c1-12-9-13(2)11-14(10-12)18-16(21)17-8-6-4-3-5-7-15(19)20/h9-11H,3-8H2,1-2H3,(H,19,20)(H2,17,18,21). The number of urea groups is 1. The molecule has 1 rings (SSSR count). The highest BCUT2D eigenvalue weighted by Crippen LogP contribution is 2.13. The van der Waals surface area contributed by atoms with E-state index < -0.39 is 5.97 Å². The first-order valence-electron chi connectivity index (χ1n) is 7.32. The largest absolute Gasteiger partial charge is 0.481 e. The highest BCUT2D eigenvalue weighted by Gasteiger charge is 2.02. The Morgan fingerprint density at radius 3 is 2.24 bits per heavy atom. The van der Waals surface area contributed by atoms with Crippen LogP contribution in [0, 0.1) is 13.8 Å². The van der Waals surface area contributed by atoms with Crippen molar-refractivity contribution in [3.8, 4) is 0 Å². The minimum atomic E-state index is -0.749. The number of nitrogens with one attached hydrogen (secondary N) is 2. The third-order valence-electron chi connectivity index (χ3n) is 3.08. The Hall–Kier alpha value is -2.04. The molecule has 0 saturated carbocycles. The van der Waals surface area contributed by atoms with E-state index in [-0.39, 0.29) is 12.5 Å². The molecule has 0 bridgehead atoms. The average molecular weight is 292 g/mol. The minimum absolute atomic E-state index is 0.203. The number of amides is 2. The maximum Gasteiger partial charge on any atom is 0.319 e. The summed E-state index contributed by atoms with van der Waals surface area (Å²) in [4.78, 5) is 22.0. The van der Waals surface area contributed by atoms with Crippen LogP contribution in [0.15, 0.2) is 18.2 Å². The van der Waals surface area contributed by atoms with E-state index in [0.717, 1.165) is 36.1 Å². The van der Waals surface area contributed by atoms with Gasteiger partial charge in [-0.3, -0.25) is 4.79 Å². The third kappa shape index (κ3) is 7.97. The number of unbranched alkanes of at least 4 members (excludes halogenated alkanes) is 3. The van der Waals surface area contributed by atoms with Crippen LogP contribution in [0.5, 0.6) is 0 Å². The van der Waals surface area contributed by atoms with Crippen LogP contribution in [0.4, 0.5) is 10.5 Å². The van der Waals surface area contributed by atoms with Gasteiger partial charge in [-0.2, -0.15) is 0 Å². The van der Waals surface area contributed by atoms with Gasteiger partial charge in [0.1, 0.15) is 0 Å². The zero-order valence-corrected chi connectivity index (χ0v) is 12.7. The maximum atomic E-state index is 11.7. The second kappa shape index (κ2) is 9.00. The van der Waals surface area contributed by atoms with Crippen LogP contribution < -0.4 is 10.6 Å². The lowest BCUT2D eigenvalue weighted by atomic mass is 10.1. The quantitative estimate of drug-likeness (QED) is 0.642. The lowest BCUT2D eigenvalue weighted by Gasteiger charge is -2.09. The fourth-order valence-corrected chi connectivity index (χ4v) is 2.18. The third-order valence-corrected chi connectivity index (χ3v) is 3.08. The van der Waals surface area contributed by atoms with Gasteiger partial charge in [0.2, 0.25) is 0 Å². The lowest BCUT2D eigenvalue weighted by Crippen LogP contribution is -2.29. The summed E-state index contributed by atoms with van der Waals surface area (Å²) < 4.78 is 0. The Kier molecular flexibility index (Phi) is 7.29. The molecule has 0 radical (unpaired) electrons. The van der Waals surface area contributed by atoms with Crippen molar-refractivity contribution in [1.29, 1.82) is 0 Å². The molecule has 0 saturated heterocycles. The molecule has 0 aromatic heterocycles. The average Bonchev–Trinajstić information content (AvgIpc) is 2.35. The van der Waals surface area contributed by atoms with Gasteiger partial charge in [0.25, 0.3) is 0 Å². The first-order valence-corrected chi connectivity index (χ1v) is 7.32. The maximum absolute atomic E-state index is 11.7. The summed E-state index contributed by atoms with van der Waals surface area (Å²) in [6, 6.07) is 5.71. The Labute approximate surface area is 125 Å². The fraction of sp³-hybridized carbons (Fsp3) is 0.500. The van der Waals surface area contributed by atoms with E-state index in [4.69, 9.17) is 5.11 Å². The van der Waals surface area contributed by atoms with E-state index in [2.05, 4.69) is 16.7 Å². The number of carbonyl (C=O) groups excluding carboxylic acids is 1. The van der Waals surface area contributed by atoms with Crippen LogP contribution in [-0.4, -0.2) is 23.7 Å². The van der Waals surface area contributed by atoms with Gasteiger partial charge in [-0.05, 0) is 49.9 Å². The molecule has 0 unspecified atom stereocenters. The number of hydrogen-bond acceptors (Lipinski definition) is 2. The Morgan fingerprint density at radius 1 is 1.00 bits per heavy atom. The van der Waals surface area contributed by atoms with Gasteiger partial charge in [0.05, 0.1) is 0 Å². The summed E-state index contributed by atoms with van der Waals surface area (Å²) in [5.74, 6) is -0.749. The van der Waals surface area contributed by atoms with Crippen molar-refractivity contribution in [1.82, 2.24) is 5.32 Å². The highest BCUT2D eigenvalue weighted by molar-refractivity contribution is 5.89. The SMILES string of the molecule is Cc1cc(C)cc(NC(=O)NCCCCCCC(=O)O)c1. The number of anilines is 1. The first kappa shape index (κ1) is 17.0. The van der Waals surface area contributed by atoms with Gasteiger partial charge in [-0.15, -0.1) is 0 Å². The second-order valence-electron chi connectivity index (χ2n) is 5.32. The van der Waals surface area contributed by atoms with Crippen LogP contribution in [0.3, 0.4) is 0 Å². The van der Waals surface area contributed by atoms with Crippen molar-refractivity contribution >= 4 is 17.7 Å². The molecular weight excluding hydrogens is 268 g/mol. The van der Waals surface area contributed by atoms with E-state index >= 15 is 0 Å². The summed E-state index contributed by atoms with van der Waals surface area (Å²) in [5, 5.41) is 14.1. The fourth-order valence-electron chi connectivity index (χ4n) is 2.18.